The van der Waals surface area contributed by atoms with Crippen LogP contribution in [-0.4, -0.2) is 10.9 Å². The monoisotopic (exact) mass is 220 g/mol. The topological polar surface area (TPSA) is 55.1 Å². The highest BCUT2D eigenvalue weighted by Gasteiger charge is 2.07. The molecule has 2 rings (SSSR count). The Hall–Kier alpha value is -2.17. The van der Waals surface area contributed by atoms with Crippen LogP contribution in [0.5, 0.6) is 0 Å². The normalized spacial score (nSPS) is 10.1. The smallest absolute Gasteiger partial charge is 0.273 e. The van der Waals surface area contributed by atoms with Gasteiger partial charge in [0.25, 0.3) is 5.91 Å². The fourth-order valence-corrected chi connectivity index (χ4v) is 1.20. The maximum atomic E-state index is 12.6. The van der Waals surface area contributed by atoms with Crippen LogP contribution in [0.4, 0.5) is 4.39 Å². The van der Waals surface area contributed by atoms with E-state index in [2.05, 4.69) is 14.7 Å². The molecule has 0 aliphatic heterocycles. The van der Waals surface area contributed by atoms with Crippen molar-refractivity contribution in [3.63, 3.8) is 0 Å². The van der Waals surface area contributed by atoms with Gasteiger partial charge in [-0.2, -0.15) is 0 Å². The lowest BCUT2D eigenvalue weighted by Gasteiger charge is -2.02. The number of hydrogen-bond acceptors (Lipinski definition) is 3. The van der Waals surface area contributed by atoms with E-state index in [1.807, 2.05) is 0 Å². The van der Waals surface area contributed by atoms with Crippen LogP contribution >= 0.6 is 0 Å². The van der Waals surface area contributed by atoms with Crippen LogP contribution in [0.1, 0.15) is 16.1 Å². The second kappa shape index (κ2) is 4.57. The SMILES string of the molecule is O=C(NCc1ccc(F)cc1)c1cocn1. The summed E-state index contributed by atoms with van der Waals surface area (Å²) in [7, 11) is 0. The number of carbonyl (C=O) groups excluding carboxylic acids is 1. The lowest BCUT2D eigenvalue weighted by molar-refractivity contribution is 0.0946. The van der Waals surface area contributed by atoms with Gasteiger partial charge in [-0.05, 0) is 17.7 Å². The Morgan fingerprint density at radius 1 is 1.38 bits per heavy atom. The van der Waals surface area contributed by atoms with E-state index in [0.29, 0.717) is 6.54 Å². The van der Waals surface area contributed by atoms with Gasteiger partial charge >= 0.3 is 0 Å². The summed E-state index contributed by atoms with van der Waals surface area (Å²) in [6, 6.07) is 5.91. The van der Waals surface area contributed by atoms with Crippen molar-refractivity contribution in [3.8, 4) is 0 Å². The zero-order valence-corrected chi connectivity index (χ0v) is 8.31. The molecular formula is C11H9FN2O2. The molecule has 1 aromatic carbocycles. The first kappa shape index (κ1) is 10.4. The van der Waals surface area contributed by atoms with Crippen molar-refractivity contribution < 1.29 is 13.6 Å². The Morgan fingerprint density at radius 2 is 2.12 bits per heavy atom. The van der Waals surface area contributed by atoms with Crippen LogP contribution in [0.15, 0.2) is 41.3 Å². The molecule has 1 N–H and O–H groups in total. The lowest BCUT2D eigenvalue weighted by atomic mass is 10.2. The minimum atomic E-state index is -0.321. The first-order valence-corrected chi connectivity index (χ1v) is 4.66. The number of amides is 1. The molecule has 1 heterocycles. The van der Waals surface area contributed by atoms with E-state index >= 15 is 0 Å². The quantitative estimate of drug-likeness (QED) is 0.857. The Bertz CT molecular complexity index is 465. The molecule has 0 fully saturated rings. The molecule has 0 atom stereocenters. The van der Waals surface area contributed by atoms with Crippen LogP contribution in [0, 0.1) is 5.82 Å². The summed E-state index contributed by atoms with van der Waals surface area (Å²) in [5.74, 6) is -0.621. The van der Waals surface area contributed by atoms with Crippen molar-refractivity contribution in [2.45, 2.75) is 6.54 Å². The van der Waals surface area contributed by atoms with Gasteiger partial charge in [-0.25, -0.2) is 9.37 Å². The molecule has 1 aromatic heterocycles. The summed E-state index contributed by atoms with van der Waals surface area (Å²) in [5.41, 5.74) is 1.04. The number of aromatic nitrogens is 1. The molecule has 82 valence electrons. The highest BCUT2D eigenvalue weighted by Crippen LogP contribution is 2.02. The van der Waals surface area contributed by atoms with Crippen LogP contribution < -0.4 is 5.32 Å². The van der Waals surface area contributed by atoms with E-state index < -0.39 is 0 Å². The van der Waals surface area contributed by atoms with Gasteiger partial charge in [-0.15, -0.1) is 0 Å². The average molecular weight is 220 g/mol. The van der Waals surface area contributed by atoms with Crippen molar-refractivity contribution in [2.24, 2.45) is 0 Å². The summed E-state index contributed by atoms with van der Waals surface area (Å²) < 4.78 is 17.3. The summed E-state index contributed by atoms with van der Waals surface area (Å²) in [5, 5.41) is 2.64. The van der Waals surface area contributed by atoms with E-state index in [1.165, 1.54) is 24.8 Å². The molecular weight excluding hydrogens is 211 g/mol. The van der Waals surface area contributed by atoms with Crippen molar-refractivity contribution in [2.75, 3.05) is 0 Å². The van der Waals surface area contributed by atoms with Crippen LogP contribution in [0.2, 0.25) is 0 Å². The van der Waals surface area contributed by atoms with Gasteiger partial charge in [-0.3, -0.25) is 4.79 Å². The van der Waals surface area contributed by atoms with Crippen LogP contribution in [0.3, 0.4) is 0 Å². The molecule has 0 spiro atoms. The molecule has 0 unspecified atom stereocenters. The fraction of sp³-hybridized carbons (Fsp3) is 0.0909. The molecule has 16 heavy (non-hydrogen) atoms. The summed E-state index contributed by atoms with van der Waals surface area (Å²) in [6.07, 6.45) is 2.45. The third-order valence-corrected chi connectivity index (χ3v) is 2.03. The number of benzene rings is 1. The predicted molar refractivity (Wildman–Crippen MR) is 54.1 cm³/mol. The Labute approximate surface area is 91.1 Å². The number of carbonyl (C=O) groups is 1. The largest absolute Gasteiger partial charge is 0.451 e. The second-order valence-corrected chi connectivity index (χ2v) is 3.18. The van der Waals surface area contributed by atoms with Crippen molar-refractivity contribution >= 4 is 5.91 Å². The van der Waals surface area contributed by atoms with Crippen molar-refractivity contribution in [3.05, 3.63) is 54.0 Å². The third-order valence-electron chi connectivity index (χ3n) is 2.03. The Morgan fingerprint density at radius 3 is 2.75 bits per heavy atom. The number of hydrogen-bond donors (Lipinski definition) is 1. The van der Waals surface area contributed by atoms with E-state index in [0.717, 1.165) is 5.56 Å². The molecule has 0 bridgehead atoms. The molecule has 4 nitrogen and oxygen atoms in total. The summed E-state index contributed by atoms with van der Waals surface area (Å²) in [4.78, 5) is 15.1. The maximum Gasteiger partial charge on any atom is 0.273 e. The molecule has 0 saturated heterocycles. The highest BCUT2D eigenvalue weighted by molar-refractivity contribution is 5.91. The van der Waals surface area contributed by atoms with Gasteiger partial charge in [0.1, 0.15) is 12.1 Å². The molecule has 5 heteroatoms. The maximum absolute atomic E-state index is 12.6. The minimum absolute atomic E-state index is 0.224. The number of nitrogens with zero attached hydrogens (tertiary/aromatic N) is 1. The van der Waals surface area contributed by atoms with Gasteiger partial charge in [0, 0.05) is 6.54 Å². The van der Waals surface area contributed by atoms with Crippen molar-refractivity contribution in [1.29, 1.82) is 0 Å². The predicted octanol–water partition coefficient (Wildman–Crippen LogP) is 1.74. The van der Waals surface area contributed by atoms with E-state index in [4.69, 9.17) is 0 Å². The van der Waals surface area contributed by atoms with Crippen molar-refractivity contribution in [1.82, 2.24) is 10.3 Å². The first-order chi connectivity index (χ1) is 7.75. The van der Waals surface area contributed by atoms with Crippen LogP contribution in [-0.2, 0) is 6.54 Å². The van der Waals surface area contributed by atoms with E-state index in [-0.39, 0.29) is 17.4 Å². The second-order valence-electron chi connectivity index (χ2n) is 3.18. The van der Waals surface area contributed by atoms with Gasteiger partial charge in [0.15, 0.2) is 12.1 Å². The van der Waals surface area contributed by atoms with Gasteiger partial charge in [0.2, 0.25) is 0 Å². The van der Waals surface area contributed by atoms with Gasteiger partial charge in [-0.1, -0.05) is 12.1 Å². The zero-order valence-electron chi connectivity index (χ0n) is 8.31. The lowest BCUT2D eigenvalue weighted by Crippen LogP contribution is -2.22. The number of oxazole rings is 1. The van der Waals surface area contributed by atoms with Gasteiger partial charge in [0.05, 0.1) is 0 Å². The van der Waals surface area contributed by atoms with E-state index in [9.17, 15) is 9.18 Å². The summed E-state index contributed by atoms with van der Waals surface area (Å²) in [6.45, 7) is 0.325. The fourth-order valence-electron chi connectivity index (χ4n) is 1.20. The van der Waals surface area contributed by atoms with Crippen LogP contribution in [0.25, 0.3) is 0 Å². The molecule has 0 radical (unpaired) electrons. The third kappa shape index (κ3) is 2.44. The minimum Gasteiger partial charge on any atom is -0.451 e. The molecule has 0 aliphatic rings. The van der Waals surface area contributed by atoms with E-state index in [1.54, 1.807) is 12.1 Å². The number of halogens is 1. The molecule has 0 aliphatic carbocycles. The average Bonchev–Trinajstić information content (AvgIpc) is 2.81. The van der Waals surface area contributed by atoms with Gasteiger partial charge < -0.3 is 9.73 Å². The summed E-state index contributed by atoms with van der Waals surface area (Å²) >= 11 is 0. The molecule has 2 aromatic rings. The zero-order chi connectivity index (χ0) is 11.4. The Kier molecular flexibility index (Phi) is 2.95. The standard InChI is InChI=1S/C11H9FN2O2/c12-9-3-1-8(2-4-9)5-13-11(15)10-6-16-7-14-10/h1-4,6-7H,5H2,(H,13,15). The number of nitrogens with one attached hydrogen (secondary N) is 1. The first-order valence-electron chi connectivity index (χ1n) is 4.66. The molecule has 1 amide bonds. The molecule has 0 saturated carbocycles. The Balaban J connectivity index is 1.93. The highest BCUT2D eigenvalue weighted by atomic mass is 19.1. The number of rotatable bonds is 3.